The molecule has 0 aliphatic rings. The number of aromatic nitrogens is 1. The van der Waals surface area contributed by atoms with Crippen LogP contribution in [0, 0.1) is 25.2 Å². The summed E-state index contributed by atoms with van der Waals surface area (Å²) in [6.45, 7) is 6.06. The van der Waals surface area contributed by atoms with Crippen LogP contribution in [0.3, 0.4) is 0 Å². The van der Waals surface area contributed by atoms with E-state index in [1.54, 1.807) is 11.3 Å². The summed E-state index contributed by atoms with van der Waals surface area (Å²) in [5.41, 5.74) is 3.69. The Balaban J connectivity index is 1.81. The Morgan fingerprint density at radius 1 is 1.17 bits per heavy atom. The topological polar surface area (TPSA) is 65.8 Å². The van der Waals surface area contributed by atoms with Crippen molar-refractivity contribution in [2.75, 3.05) is 5.32 Å². The van der Waals surface area contributed by atoms with E-state index in [1.165, 1.54) is 16.2 Å². The summed E-state index contributed by atoms with van der Waals surface area (Å²) in [5.74, 6) is -0.224. The summed E-state index contributed by atoms with van der Waals surface area (Å²) in [7, 11) is 0. The van der Waals surface area contributed by atoms with Gasteiger partial charge in [-0.15, -0.1) is 22.7 Å². The predicted molar refractivity (Wildman–Crippen MR) is 121 cm³/mol. The number of amides is 1. The second kappa shape index (κ2) is 7.78. The number of carbonyl (C=O) groups excluding carboxylic acids is 1. The minimum absolute atomic E-state index is 0.224. The third-order valence-electron chi connectivity index (χ3n) is 4.86. The van der Waals surface area contributed by atoms with E-state index in [9.17, 15) is 10.1 Å². The molecule has 4 aromatic rings. The summed E-state index contributed by atoms with van der Waals surface area (Å²) >= 11 is 3.11. The van der Waals surface area contributed by atoms with Crippen molar-refractivity contribution in [3.63, 3.8) is 0 Å². The van der Waals surface area contributed by atoms with Crippen LogP contribution >= 0.6 is 22.7 Å². The Labute approximate surface area is 177 Å². The van der Waals surface area contributed by atoms with E-state index in [1.807, 2.05) is 50.2 Å². The second-order valence-electron chi connectivity index (χ2n) is 6.74. The minimum atomic E-state index is -0.224. The van der Waals surface area contributed by atoms with Crippen LogP contribution in [0.5, 0.6) is 0 Å². The predicted octanol–water partition coefficient (Wildman–Crippen LogP) is 6.33. The molecule has 29 heavy (non-hydrogen) atoms. The van der Waals surface area contributed by atoms with E-state index in [0.29, 0.717) is 16.1 Å². The highest BCUT2D eigenvalue weighted by Crippen LogP contribution is 2.34. The number of para-hydroxylation sites is 1. The molecule has 3 heterocycles. The van der Waals surface area contributed by atoms with Crippen LogP contribution in [-0.2, 0) is 6.42 Å². The lowest BCUT2D eigenvalue weighted by Gasteiger charge is -2.09. The molecular formula is C23H19N3OS2. The van der Waals surface area contributed by atoms with Crippen LogP contribution < -0.4 is 5.32 Å². The fourth-order valence-electron chi connectivity index (χ4n) is 3.44. The number of benzene rings is 1. The van der Waals surface area contributed by atoms with Gasteiger partial charge >= 0.3 is 0 Å². The maximum absolute atomic E-state index is 13.3. The molecule has 0 radical (unpaired) electrons. The van der Waals surface area contributed by atoms with E-state index < -0.39 is 0 Å². The molecule has 4 nitrogen and oxygen atoms in total. The van der Waals surface area contributed by atoms with Gasteiger partial charge in [-0.1, -0.05) is 25.1 Å². The normalized spacial score (nSPS) is 10.8. The number of carbonyl (C=O) groups is 1. The molecule has 0 unspecified atom stereocenters. The monoisotopic (exact) mass is 417 g/mol. The number of anilines is 1. The zero-order valence-corrected chi connectivity index (χ0v) is 18.0. The largest absolute Gasteiger partial charge is 0.312 e. The van der Waals surface area contributed by atoms with Crippen molar-refractivity contribution in [3.8, 4) is 16.6 Å². The first kappa shape index (κ1) is 19.3. The number of thiophene rings is 2. The highest BCUT2D eigenvalue weighted by Gasteiger charge is 2.19. The standard InChI is InChI=1S/C23H19N3OS2/c1-4-15-14(3)29-23(18(15)12-24)26-22(27)17-11-20(21-10-9-13(2)28-21)25-19-8-6-5-7-16(17)19/h5-11H,4H2,1-3H3,(H,26,27). The van der Waals surface area contributed by atoms with Gasteiger partial charge in [0.15, 0.2) is 0 Å². The number of rotatable bonds is 4. The number of pyridine rings is 1. The lowest BCUT2D eigenvalue weighted by Crippen LogP contribution is -2.13. The van der Waals surface area contributed by atoms with Crippen molar-refractivity contribution < 1.29 is 4.79 Å². The Morgan fingerprint density at radius 3 is 2.66 bits per heavy atom. The van der Waals surface area contributed by atoms with Gasteiger partial charge in [-0.2, -0.15) is 5.26 Å². The zero-order valence-electron chi connectivity index (χ0n) is 16.4. The van der Waals surface area contributed by atoms with Crippen LogP contribution in [0.2, 0.25) is 0 Å². The molecule has 1 amide bonds. The van der Waals surface area contributed by atoms with Crippen molar-refractivity contribution in [2.45, 2.75) is 27.2 Å². The number of hydrogen-bond acceptors (Lipinski definition) is 5. The van der Waals surface area contributed by atoms with Crippen LogP contribution in [-0.4, -0.2) is 10.9 Å². The molecule has 144 valence electrons. The summed E-state index contributed by atoms with van der Waals surface area (Å²) in [4.78, 5) is 21.3. The molecule has 0 aliphatic carbocycles. The number of aryl methyl sites for hydroxylation is 2. The second-order valence-corrected chi connectivity index (χ2v) is 9.26. The fourth-order valence-corrected chi connectivity index (χ4v) is 5.36. The number of fused-ring (bicyclic) bond motifs is 1. The van der Waals surface area contributed by atoms with Gasteiger partial charge in [-0.05, 0) is 50.1 Å². The van der Waals surface area contributed by atoms with Crippen LogP contribution in [0.25, 0.3) is 21.5 Å². The maximum atomic E-state index is 13.3. The zero-order chi connectivity index (χ0) is 20.5. The van der Waals surface area contributed by atoms with E-state index in [4.69, 9.17) is 4.98 Å². The molecule has 1 aromatic carbocycles. The van der Waals surface area contributed by atoms with E-state index in [0.717, 1.165) is 38.3 Å². The average molecular weight is 418 g/mol. The minimum Gasteiger partial charge on any atom is -0.312 e. The Hall–Kier alpha value is -3.01. The van der Waals surface area contributed by atoms with Crippen LogP contribution in [0.1, 0.15) is 38.2 Å². The number of nitriles is 1. The first-order chi connectivity index (χ1) is 14.0. The molecule has 4 rings (SSSR count). The number of nitrogens with zero attached hydrogens (tertiary/aromatic N) is 2. The van der Waals surface area contributed by atoms with Crippen LogP contribution in [0.4, 0.5) is 5.00 Å². The van der Waals surface area contributed by atoms with Crippen LogP contribution in [0.15, 0.2) is 42.5 Å². The molecule has 3 aromatic heterocycles. The van der Waals surface area contributed by atoms with Gasteiger partial charge in [0.2, 0.25) is 0 Å². The molecule has 0 spiro atoms. The lowest BCUT2D eigenvalue weighted by molar-refractivity contribution is 0.102. The van der Waals surface area contributed by atoms with Crippen molar-refractivity contribution in [3.05, 3.63) is 68.9 Å². The van der Waals surface area contributed by atoms with E-state index in [-0.39, 0.29) is 5.91 Å². The first-order valence-corrected chi connectivity index (χ1v) is 11.0. The van der Waals surface area contributed by atoms with Crippen molar-refractivity contribution in [1.29, 1.82) is 5.26 Å². The van der Waals surface area contributed by atoms with Gasteiger partial charge < -0.3 is 5.32 Å². The quantitative estimate of drug-likeness (QED) is 0.422. The molecular weight excluding hydrogens is 398 g/mol. The SMILES string of the molecule is CCc1c(C)sc(NC(=O)c2cc(-c3ccc(C)s3)nc3ccccc23)c1C#N. The fraction of sp³-hybridized carbons (Fsp3) is 0.174. The Bertz CT molecular complexity index is 1280. The number of hydrogen-bond donors (Lipinski definition) is 1. The molecule has 0 aliphatic heterocycles. The molecule has 0 saturated carbocycles. The Morgan fingerprint density at radius 2 is 1.97 bits per heavy atom. The highest BCUT2D eigenvalue weighted by molar-refractivity contribution is 7.16. The summed E-state index contributed by atoms with van der Waals surface area (Å²) in [5, 5.41) is 14.0. The van der Waals surface area contributed by atoms with Gasteiger partial charge in [0.1, 0.15) is 11.1 Å². The molecule has 0 bridgehead atoms. The van der Waals surface area contributed by atoms with Gasteiger partial charge in [0.05, 0.1) is 27.2 Å². The highest BCUT2D eigenvalue weighted by atomic mass is 32.1. The molecule has 0 fully saturated rings. The molecule has 0 saturated heterocycles. The van der Waals surface area contributed by atoms with Gasteiger partial charge in [-0.25, -0.2) is 4.98 Å². The average Bonchev–Trinajstić information content (AvgIpc) is 3.29. The maximum Gasteiger partial charge on any atom is 0.257 e. The summed E-state index contributed by atoms with van der Waals surface area (Å²) in [6, 6.07) is 15.8. The smallest absolute Gasteiger partial charge is 0.257 e. The molecule has 6 heteroatoms. The first-order valence-electron chi connectivity index (χ1n) is 9.32. The summed E-state index contributed by atoms with van der Waals surface area (Å²) in [6.07, 6.45) is 0.765. The van der Waals surface area contributed by atoms with Crippen molar-refractivity contribution >= 4 is 44.5 Å². The third-order valence-corrected chi connectivity index (χ3v) is 6.94. The van der Waals surface area contributed by atoms with Gasteiger partial charge in [0, 0.05) is 15.1 Å². The Kier molecular flexibility index (Phi) is 5.18. The molecule has 1 N–H and O–H groups in total. The van der Waals surface area contributed by atoms with Gasteiger partial charge in [-0.3, -0.25) is 4.79 Å². The number of nitrogens with one attached hydrogen (secondary N) is 1. The summed E-state index contributed by atoms with van der Waals surface area (Å²) < 4.78 is 0. The van der Waals surface area contributed by atoms with Crippen molar-refractivity contribution in [1.82, 2.24) is 4.98 Å². The van der Waals surface area contributed by atoms with E-state index in [2.05, 4.69) is 24.4 Å². The van der Waals surface area contributed by atoms with Gasteiger partial charge in [0.25, 0.3) is 5.91 Å². The molecule has 0 atom stereocenters. The van der Waals surface area contributed by atoms with Crippen molar-refractivity contribution in [2.24, 2.45) is 0 Å². The van der Waals surface area contributed by atoms with E-state index >= 15 is 0 Å². The lowest BCUT2D eigenvalue weighted by atomic mass is 10.1. The third kappa shape index (κ3) is 3.55.